The molecule has 0 spiro atoms. The molecule has 0 N–H and O–H groups in total. The highest BCUT2D eigenvalue weighted by atomic mass is 79.9. The molecule has 0 radical (unpaired) electrons. The molecule has 0 atom stereocenters. The van der Waals surface area contributed by atoms with E-state index in [4.69, 9.17) is 5.26 Å². The van der Waals surface area contributed by atoms with Gasteiger partial charge in [-0.1, -0.05) is 28.1 Å². The molecule has 1 aromatic carbocycles. The lowest BCUT2D eigenvalue weighted by Gasteiger charge is -2.22. The number of unbranched alkanes of at least 4 members (excludes halogenated alkanes) is 2. The summed E-state index contributed by atoms with van der Waals surface area (Å²) in [6.45, 7) is -0.00675. The van der Waals surface area contributed by atoms with Crippen LogP contribution >= 0.6 is 15.9 Å². The third kappa shape index (κ3) is 6.16. The first-order valence-corrected chi connectivity index (χ1v) is 10.5. The molecule has 0 saturated carbocycles. The number of pyridine rings is 1. The predicted molar refractivity (Wildman–Crippen MR) is 101 cm³/mol. The molecule has 0 fully saturated rings. The molecular formula is C18H19BrFN3O2S. The van der Waals surface area contributed by atoms with Crippen LogP contribution in [0.25, 0.3) is 0 Å². The Morgan fingerprint density at radius 3 is 2.65 bits per heavy atom. The summed E-state index contributed by atoms with van der Waals surface area (Å²) in [5.41, 5.74) is 0.885. The summed E-state index contributed by atoms with van der Waals surface area (Å²) in [5, 5.41) is 8.58. The van der Waals surface area contributed by atoms with Gasteiger partial charge in [-0.2, -0.15) is 9.57 Å². The average Bonchev–Trinajstić information content (AvgIpc) is 2.61. The number of hydrogen-bond donors (Lipinski definition) is 0. The highest BCUT2D eigenvalue weighted by Crippen LogP contribution is 2.20. The van der Waals surface area contributed by atoms with Gasteiger partial charge in [0, 0.05) is 29.2 Å². The fourth-order valence-electron chi connectivity index (χ4n) is 2.38. The van der Waals surface area contributed by atoms with Crippen LogP contribution in [0.5, 0.6) is 0 Å². The zero-order valence-electron chi connectivity index (χ0n) is 14.1. The topological polar surface area (TPSA) is 74.1 Å². The lowest BCUT2D eigenvalue weighted by atomic mass is 10.2. The summed E-state index contributed by atoms with van der Waals surface area (Å²) in [7, 11) is -3.62. The normalized spacial score (nSPS) is 11.5. The zero-order chi connectivity index (χ0) is 19.0. The molecule has 1 aromatic heterocycles. The minimum atomic E-state index is -3.62. The second-order valence-corrected chi connectivity index (χ2v) is 8.76. The Morgan fingerprint density at radius 2 is 2.00 bits per heavy atom. The lowest BCUT2D eigenvalue weighted by Crippen LogP contribution is -2.32. The first-order chi connectivity index (χ1) is 12.4. The highest BCUT2D eigenvalue weighted by Gasteiger charge is 2.24. The molecule has 0 bridgehead atoms. The zero-order valence-corrected chi connectivity index (χ0v) is 16.5. The number of nitriles is 1. The molecule has 1 heterocycles. The number of sulfonamides is 1. The standard InChI is InChI=1S/C18H19BrFN3O2S/c19-16-8-7-15(18(20)12-16)13-23(14-17-6-2-4-10-22-17)26(24,25)11-5-1-3-9-21/h2,4,6-8,10,12H,1,3,5,11,13-14H2. The Bertz CT molecular complexity index is 870. The molecule has 5 nitrogen and oxygen atoms in total. The summed E-state index contributed by atoms with van der Waals surface area (Å²) in [6.07, 6.45) is 2.81. The van der Waals surface area contributed by atoms with Crippen molar-refractivity contribution in [3.63, 3.8) is 0 Å². The van der Waals surface area contributed by atoms with Gasteiger partial charge < -0.3 is 0 Å². The molecule has 0 unspecified atom stereocenters. The number of rotatable bonds is 9. The van der Waals surface area contributed by atoms with E-state index in [0.29, 0.717) is 35.0 Å². The molecule has 26 heavy (non-hydrogen) atoms. The van der Waals surface area contributed by atoms with Crippen LogP contribution in [-0.2, 0) is 23.1 Å². The van der Waals surface area contributed by atoms with Crippen LogP contribution in [0.15, 0.2) is 47.1 Å². The second-order valence-electron chi connectivity index (χ2n) is 5.76. The summed E-state index contributed by atoms with van der Waals surface area (Å²) in [6, 6.07) is 11.8. The van der Waals surface area contributed by atoms with Gasteiger partial charge in [0.05, 0.1) is 24.1 Å². The fourth-order valence-corrected chi connectivity index (χ4v) is 4.21. The van der Waals surface area contributed by atoms with E-state index >= 15 is 0 Å². The van der Waals surface area contributed by atoms with Gasteiger partial charge in [0.25, 0.3) is 0 Å². The monoisotopic (exact) mass is 439 g/mol. The molecule has 2 rings (SSSR count). The maximum absolute atomic E-state index is 14.2. The third-order valence-corrected chi connectivity index (χ3v) is 6.10. The van der Waals surface area contributed by atoms with Crippen LogP contribution in [0, 0.1) is 17.1 Å². The van der Waals surface area contributed by atoms with E-state index < -0.39 is 15.8 Å². The minimum absolute atomic E-state index is 0.0664. The maximum Gasteiger partial charge on any atom is 0.214 e. The van der Waals surface area contributed by atoms with Crippen molar-refractivity contribution in [2.24, 2.45) is 0 Å². The number of halogens is 2. The van der Waals surface area contributed by atoms with E-state index in [0.717, 1.165) is 0 Å². The van der Waals surface area contributed by atoms with Gasteiger partial charge in [-0.15, -0.1) is 0 Å². The average molecular weight is 440 g/mol. The first kappa shape index (κ1) is 20.5. The van der Waals surface area contributed by atoms with E-state index in [1.165, 1.54) is 10.4 Å². The van der Waals surface area contributed by atoms with Crippen LogP contribution in [0.1, 0.15) is 30.5 Å². The predicted octanol–water partition coefficient (Wildman–Crippen LogP) is 4.01. The van der Waals surface area contributed by atoms with Crippen LogP contribution in [0.2, 0.25) is 0 Å². The molecule has 0 saturated heterocycles. The number of benzene rings is 1. The summed E-state index contributed by atoms with van der Waals surface area (Å²) < 4.78 is 41.6. The van der Waals surface area contributed by atoms with E-state index in [9.17, 15) is 12.8 Å². The van der Waals surface area contributed by atoms with Gasteiger partial charge in [0.15, 0.2) is 0 Å². The Kier molecular flexibility index (Phi) is 7.69. The number of hydrogen-bond acceptors (Lipinski definition) is 4. The SMILES string of the molecule is N#CCCCCS(=O)(=O)N(Cc1ccccn1)Cc1ccc(Br)cc1F. The van der Waals surface area contributed by atoms with Gasteiger partial charge in [-0.3, -0.25) is 4.98 Å². The Hall–Kier alpha value is -1.82. The van der Waals surface area contributed by atoms with Crippen molar-refractivity contribution in [2.45, 2.75) is 32.4 Å². The third-order valence-electron chi connectivity index (χ3n) is 3.76. The number of nitrogens with zero attached hydrogens (tertiary/aromatic N) is 3. The Morgan fingerprint density at radius 1 is 1.19 bits per heavy atom. The Balaban J connectivity index is 2.22. The van der Waals surface area contributed by atoms with Crippen LogP contribution < -0.4 is 0 Å². The molecular weight excluding hydrogens is 421 g/mol. The van der Waals surface area contributed by atoms with Crippen LogP contribution in [-0.4, -0.2) is 23.5 Å². The van der Waals surface area contributed by atoms with E-state index in [2.05, 4.69) is 20.9 Å². The minimum Gasteiger partial charge on any atom is -0.260 e. The summed E-state index contributed by atoms with van der Waals surface area (Å²) in [5.74, 6) is -0.551. The van der Waals surface area contributed by atoms with E-state index in [1.54, 1.807) is 36.5 Å². The van der Waals surface area contributed by atoms with Gasteiger partial charge >= 0.3 is 0 Å². The van der Waals surface area contributed by atoms with Crippen LogP contribution in [0.4, 0.5) is 4.39 Å². The van der Waals surface area contributed by atoms with E-state index in [-0.39, 0.29) is 18.8 Å². The first-order valence-electron chi connectivity index (χ1n) is 8.11. The van der Waals surface area contributed by atoms with Crippen molar-refractivity contribution in [1.82, 2.24) is 9.29 Å². The quantitative estimate of drug-likeness (QED) is 0.553. The Labute approximate surface area is 161 Å². The molecule has 0 aliphatic rings. The largest absolute Gasteiger partial charge is 0.260 e. The van der Waals surface area contributed by atoms with Crippen molar-refractivity contribution < 1.29 is 12.8 Å². The fraction of sp³-hybridized carbons (Fsp3) is 0.333. The molecule has 138 valence electrons. The van der Waals surface area contributed by atoms with Gasteiger partial charge in [0.1, 0.15) is 5.82 Å². The van der Waals surface area contributed by atoms with Crippen molar-refractivity contribution in [2.75, 3.05) is 5.75 Å². The van der Waals surface area contributed by atoms with Crippen molar-refractivity contribution >= 4 is 26.0 Å². The summed E-state index contributed by atoms with van der Waals surface area (Å²) >= 11 is 3.20. The second kappa shape index (κ2) is 9.76. The van der Waals surface area contributed by atoms with Crippen molar-refractivity contribution in [3.05, 3.63) is 64.1 Å². The maximum atomic E-state index is 14.2. The molecule has 8 heteroatoms. The van der Waals surface area contributed by atoms with Gasteiger partial charge in [-0.25, -0.2) is 12.8 Å². The molecule has 2 aromatic rings. The van der Waals surface area contributed by atoms with E-state index in [1.807, 2.05) is 6.07 Å². The van der Waals surface area contributed by atoms with Gasteiger partial charge in [-0.05, 0) is 37.1 Å². The molecule has 0 amide bonds. The molecule has 0 aliphatic carbocycles. The number of aromatic nitrogens is 1. The summed E-state index contributed by atoms with van der Waals surface area (Å²) in [4.78, 5) is 4.17. The molecule has 0 aliphatic heterocycles. The van der Waals surface area contributed by atoms with Gasteiger partial charge in [0.2, 0.25) is 10.0 Å². The smallest absolute Gasteiger partial charge is 0.214 e. The lowest BCUT2D eigenvalue weighted by molar-refractivity contribution is 0.389. The highest BCUT2D eigenvalue weighted by molar-refractivity contribution is 9.10. The van der Waals surface area contributed by atoms with Crippen LogP contribution in [0.3, 0.4) is 0 Å². The van der Waals surface area contributed by atoms with Crippen molar-refractivity contribution in [1.29, 1.82) is 5.26 Å². The van der Waals surface area contributed by atoms with Crippen molar-refractivity contribution in [3.8, 4) is 6.07 Å².